The highest BCUT2D eigenvalue weighted by atomic mass is 16.5. The minimum atomic E-state index is -0.918. The van der Waals surface area contributed by atoms with Crippen molar-refractivity contribution in [1.29, 1.82) is 0 Å². The molecule has 0 spiro atoms. The Morgan fingerprint density at radius 3 is 1.92 bits per heavy atom. The number of nitrogens with one attached hydrogen (secondary N) is 4. The van der Waals surface area contributed by atoms with E-state index in [4.69, 9.17) is 14.5 Å². The van der Waals surface area contributed by atoms with E-state index in [-0.39, 0.29) is 29.3 Å². The molecule has 6 aromatic rings. The van der Waals surface area contributed by atoms with Gasteiger partial charge in [-0.15, -0.1) is 0 Å². The molecule has 7 atom stereocenters. The van der Waals surface area contributed by atoms with Crippen molar-refractivity contribution in [2.45, 2.75) is 87.6 Å². The third-order valence-electron chi connectivity index (χ3n) is 16.0. The zero-order chi connectivity index (χ0) is 49.7. The molecular formula is C58H59N7O7. The number of benzene rings is 5. The normalized spacial score (nSPS) is 22.5. The number of H-pyrrole nitrogens is 1. The molecule has 5 aliphatic rings. The molecule has 3 fully saturated rings. The van der Waals surface area contributed by atoms with Gasteiger partial charge in [0.15, 0.2) is 0 Å². The van der Waals surface area contributed by atoms with Gasteiger partial charge in [0.05, 0.1) is 38.2 Å². The van der Waals surface area contributed by atoms with E-state index in [0.29, 0.717) is 42.4 Å². The Morgan fingerprint density at radius 1 is 0.722 bits per heavy atom. The van der Waals surface area contributed by atoms with Crippen molar-refractivity contribution in [3.8, 4) is 33.5 Å². The van der Waals surface area contributed by atoms with Gasteiger partial charge in [0.25, 0.3) is 5.91 Å². The zero-order valence-corrected chi connectivity index (χ0v) is 40.7. The Morgan fingerprint density at radius 2 is 1.31 bits per heavy atom. The molecule has 5 N–H and O–H groups in total. The first-order valence-corrected chi connectivity index (χ1v) is 25.1. The van der Waals surface area contributed by atoms with E-state index in [1.807, 2.05) is 72.9 Å². The monoisotopic (exact) mass is 965 g/mol. The summed E-state index contributed by atoms with van der Waals surface area (Å²) in [6.07, 6.45) is 7.81. The minimum absolute atomic E-state index is 0.0531. The second kappa shape index (κ2) is 19.1. The van der Waals surface area contributed by atoms with Crippen molar-refractivity contribution in [2.24, 2.45) is 5.92 Å². The van der Waals surface area contributed by atoms with Crippen molar-refractivity contribution in [3.05, 3.63) is 167 Å². The van der Waals surface area contributed by atoms with Gasteiger partial charge in [-0.3, -0.25) is 9.59 Å². The number of amides is 4. The van der Waals surface area contributed by atoms with E-state index in [1.165, 1.54) is 42.9 Å². The smallest absolute Gasteiger partial charge is 0.407 e. The molecule has 2 aliphatic carbocycles. The quantitative estimate of drug-likeness (QED) is 0.0846. The van der Waals surface area contributed by atoms with Crippen molar-refractivity contribution >= 4 is 29.7 Å². The van der Waals surface area contributed by atoms with Gasteiger partial charge in [0, 0.05) is 30.0 Å². The van der Waals surface area contributed by atoms with Crippen LogP contribution in [0.4, 0.5) is 15.3 Å². The first-order chi connectivity index (χ1) is 35.0. The molecule has 14 nitrogen and oxygen atoms in total. The number of alkyl carbamates (subject to hydrolysis) is 2. The molecule has 0 radical (unpaired) electrons. The van der Waals surface area contributed by atoms with Gasteiger partial charge in [-0.1, -0.05) is 110 Å². The lowest BCUT2D eigenvalue weighted by Gasteiger charge is -2.43. The Kier molecular flexibility index (Phi) is 12.4. The highest BCUT2D eigenvalue weighted by Gasteiger charge is 2.51. The second-order valence-electron chi connectivity index (χ2n) is 20.0. The molecule has 0 bridgehead atoms. The summed E-state index contributed by atoms with van der Waals surface area (Å²) >= 11 is 0. The fourth-order valence-electron chi connectivity index (χ4n) is 12.1. The Labute approximate surface area is 418 Å². The van der Waals surface area contributed by atoms with Crippen LogP contribution >= 0.6 is 0 Å². The molecular weight excluding hydrogens is 907 g/mol. The maximum absolute atomic E-state index is 14.2. The van der Waals surface area contributed by atoms with Gasteiger partial charge in [-0.25, -0.2) is 14.6 Å². The summed E-state index contributed by atoms with van der Waals surface area (Å²) in [5, 5.41) is 20.9. The lowest BCUT2D eigenvalue weighted by atomic mass is 9.60. The van der Waals surface area contributed by atoms with E-state index < -0.39 is 30.4 Å². The lowest BCUT2D eigenvalue weighted by Crippen LogP contribution is -2.46. The average Bonchev–Trinajstić information content (AvgIpc) is 4.25. The number of carbonyl (C=O) groups excluding carboxylic acids is 4. The number of carbonyl (C=O) groups is 4. The minimum Gasteiger partial charge on any atom is -0.453 e. The van der Waals surface area contributed by atoms with E-state index in [0.717, 1.165) is 71.4 Å². The molecule has 3 aliphatic heterocycles. The van der Waals surface area contributed by atoms with E-state index in [9.17, 15) is 24.3 Å². The zero-order valence-electron chi connectivity index (χ0n) is 40.7. The standard InChI is InChI=1S/C58H59N7O7/c1-58-27-26-39(58)31-42-40(34-18-20-35(21-19-34)46-33-59-53(61-46)48-17-11-29-65(48)55(68)52(63-57(70)72-3)37-14-8-5-9-15-37)23-24-41(50(42)58)38-22-25-44-43(30-38)49(66)32-45(60-44)47-16-10-28-64(47)54(67)51(62-56(69)71-2)36-12-6-4-7-13-36/h4-9,12-15,18-25,30,32-33,39,47-49,51-52,60,66H,10-11,16-17,26-29,31H2,1-3H3,(H,59,61)(H,62,69)(H,63,70)/t39?,47-,48-,49?,51-,52-,58?/m0/s1. The van der Waals surface area contributed by atoms with Crippen LogP contribution in [0.2, 0.25) is 0 Å². The number of aliphatic hydroxyl groups is 1. The molecule has 2 saturated heterocycles. The number of likely N-dealkylation sites (tertiary alicyclic amines) is 2. The Hall–Kier alpha value is -7.71. The van der Waals surface area contributed by atoms with Crippen LogP contribution in [0.5, 0.6) is 0 Å². The van der Waals surface area contributed by atoms with Crippen LogP contribution in [0, 0.1) is 5.92 Å². The molecule has 4 amide bonds. The second-order valence-corrected chi connectivity index (χ2v) is 20.0. The number of aromatic amines is 1. The number of rotatable bonds is 11. The number of aromatic nitrogens is 2. The van der Waals surface area contributed by atoms with E-state index in [1.54, 1.807) is 9.80 Å². The lowest BCUT2D eigenvalue weighted by molar-refractivity contribution is -0.135. The molecule has 368 valence electrons. The number of aliphatic hydroxyl groups excluding tert-OH is 1. The molecule has 72 heavy (non-hydrogen) atoms. The van der Waals surface area contributed by atoms with Crippen molar-refractivity contribution in [3.63, 3.8) is 0 Å². The molecule has 5 aromatic carbocycles. The predicted octanol–water partition coefficient (Wildman–Crippen LogP) is 9.83. The summed E-state index contributed by atoms with van der Waals surface area (Å²) < 4.78 is 9.76. The molecule has 1 aromatic heterocycles. The average molecular weight is 966 g/mol. The van der Waals surface area contributed by atoms with Crippen LogP contribution in [-0.4, -0.2) is 82.2 Å². The number of anilines is 1. The molecule has 14 heteroatoms. The summed E-state index contributed by atoms with van der Waals surface area (Å²) in [4.78, 5) is 64.9. The first-order valence-electron chi connectivity index (χ1n) is 25.1. The summed E-state index contributed by atoms with van der Waals surface area (Å²) in [6, 6.07) is 35.5. The van der Waals surface area contributed by atoms with Crippen molar-refractivity contribution < 1.29 is 33.8 Å². The first kappa shape index (κ1) is 46.7. The van der Waals surface area contributed by atoms with Crippen molar-refractivity contribution in [2.75, 3.05) is 32.6 Å². The largest absolute Gasteiger partial charge is 0.453 e. The summed E-state index contributed by atoms with van der Waals surface area (Å²) in [5.41, 5.74) is 13.0. The highest BCUT2D eigenvalue weighted by molar-refractivity contribution is 5.89. The van der Waals surface area contributed by atoms with E-state index >= 15 is 0 Å². The SMILES string of the molecule is COC(=O)N[C@H](C(=O)N1CCC[C@H]1C1=CC(O)c2cc(-c3ccc(-c4ccc(-c5cnc([C@@H]6CCCN6C(=O)[C@@H](NC(=O)OC)c6ccccc6)[nH]5)cc4)c4c3C3(C)CCC3C4)ccc2N1)c1ccccc1. The van der Waals surface area contributed by atoms with Gasteiger partial charge in [-0.05, 0) is 125 Å². The van der Waals surface area contributed by atoms with Crippen LogP contribution in [0.15, 0.2) is 133 Å². The number of nitrogens with zero attached hydrogens (tertiary/aromatic N) is 3. The number of hydrogen-bond acceptors (Lipinski definition) is 9. The number of ether oxygens (including phenoxy) is 2. The van der Waals surface area contributed by atoms with Gasteiger partial charge in [0.1, 0.15) is 24.0 Å². The summed E-state index contributed by atoms with van der Waals surface area (Å²) in [7, 11) is 2.57. The predicted molar refractivity (Wildman–Crippen MR) is 273 cm³/mol. The number of hydrogen-bond donors (Lipinski definition) is 5. The third kappa shape index (κ3) is 8.36. The molecule has 3 unspecified atom stereocenters. The number of methoxy groups -OCH3 is 2. The van der Waals surface area contributed by atoms with Crippen LogP contribution in [0.25, 0.3) is 33.5 Å². The highest BCUT2D eigenvalue weighted by Crippen LogP contribution is 2.60. The van der Waals surface area contributed by atoms with Crippen LogP contribution in [-0.2, 0) is 30.9 Å². The van der Waals surface area contributed by atoms with Crippen molar-refractivity contribution in [1.82, 2.24) is 30.4 Å². The fraction of sp³-hybridized carbons (Fsp3) is 0.328. The Balaban J connectivity index is 0.825. The van der Waals surface area contributed by atoms with Crippen LogP contribution in [0.1, 0.15) is 103 Å². The fourth-order valence-corrected chi connectivity index (χ4v) is 12.1. The topological polar surface area (TPSA) is 178 Å². The van der Waals surface area contributed by atoms with Gasteiger partial charge in [-0.2, -0.15) is 0 Å². The summed E-state index contributed by atoms with van der Waals surface area (Å²) in [6.45, 7) is 3.49. The van der Waals surface area contributed by atoms with Crippen LogP contribution < -0.4 is 16.0 Å². The molecule has 4 heterocycles. The van der Waals surface area contributed by atoms with E-state index in [2.05, 4.69) is 82.5 Å². The maximum Gasteiger partial charge on any atom is 0.407 e. The van der Waals surface area contributed by atoms with Gasteiger partial charge in [0.2, 0.25) is 5.91 Å². The third-order valence-corrected chi connectivity index (χ3v) is 16.0. The van der Waals surface area contributed by atoms with Gasteiger partial charge < -0.3 is 45.3 Å². The Bertz CT molecular complexity index is 3080. The van der Waals surface area contributed by atoms with Gasteiger partial charge >= 0.3 is 12.2 Å². The maximum atomic E-state index is 14.2. The van der Waals surface area contributed by atoms with Crippen LogP contribution in [0.3, 0.4) is 0 Å². The molecule has 11 rings (SSSR count). The molecule has 1 saturated carbocycles. The summed E-state index contributed by atoms with van der Waals surface area (Å²) in [5.74, 6) is 0.829. The number of fused-ring (bicyclic) bond motifs is 4. The number of imidazole rings is 1.